The summed E-state index contributed by atoms with van der Waals surface area (Å²) in [7, 11) is 0. The van der Waals surface area contributed by atoms with E-state index in [0.717, 1.165) is 39.2 Å². The highest BCUT2D eigenvalue weighted by molar-refractivity contribution is 5.92. The van der Waals surface area contributed by atoms with Crippen LogP contribution in [0.25, 0.3) is 22.3 Å². The molecule has 1 amide bonds. The highest BCUT2D eigenvalue weighted by Crippen LogP contribution is 2.33. The number of aliphatic hydroxyl groups is 1. The second-order valence-electron chi connectivity index (χ2n) is 10.6. The van der Waals surface area contributed by atoms with Gasteiger partial charge in [-0.1, -0.05) is 58.0 Å². The van der Waals surface area contributed by atoms with Crippen LogP contribution in [0.2, 0.25) is 0 Å². The lowest BCUT2D eigenvalue weighted by atomic mass is 9.97. The Morgan fingerprint density at radius 2 is 1.83 bits per heavy atom. The summed E-state index contributed by atoms with van der Waals surface area (Å²) in [5.74, 6) is 2.05. The van der Waals surface area contributed by atoms with Gasteiger partial charge in [0, 0.05) is 33.4 Å². The Morgan fingerprint density at radius 3 is 2.51 bits per heavy atom. The zero-order valence-corrected chi connectivity index (χ0v) is 21.8. The van der Waals surface area contributed by atoms with E-state index in [1.54, 1.807) is 0 Å². The molecule has 0 spiro atoms. The highest BCUT2D eigenvalue weighted by Gasteiger charge is 2.35. The lowest BCUT2D eigenvalue weighted by Gasteiger charge is -2.45. The molecule has 0 saturated carbocycles. The number of rotatable bonds is 6. The first-order valence-corrected chi connectivity index (χ1v) is 12.7. The second-order valence-corrected chi connectivity index (χ2v) is 10.6. The molecule has 6 nitrogen and oxygen atoms in total. The van der Waals surface area contributed by atoms with E-state index in [4.69, 9.17) is 9.97 Å². The Bertz CT molecular complexity index is 1220. The number of hydrogen-bond donors (Lipinski definition) is 1. The summed E-state index contributed by atoms with van der Waals surface area (Å²) in [5, 5.41) is 11.5. The van der Waals surface area contributed by atoms with Crippen molar-refractivity contribution in [3.63, 3.8) is 0 Å². The monoisotopic (exact) mass is 478 g/mol. The smallest absolute Gasteiger partial charge is 0.251 e. The molecule has 6 heteroatoms. The van der Waals surface area contributed by atoms with Crippen molar-refractivity contribution in [2.24, 2.45) is 11.8 Å². The summed E-state index contributed by atoms with van der Waals surface area (Å²) in [5.41, 5.74) is 4.26. The quantitative estimate of drug-likeness (QED) is 0.508. The van der Waals surface area contributed by atoms with E-state index < -0.39 is 6.10 Å². The summed E-state index contributed by atoms with van der Waals surface area (Å²) < 4.78 is 0. The van der Waals surface area contributed by atoms with E-state index in [1.165, 1.54) is 0 Å². The van der Waals surface area contributed by atoms with Crippen molar-refractivity contribution in [1.82, 2.24) is 14.9 Å². The van der Waals surface area contributed by atoms with Gasteiger partial charge >= 0.3 is 0 Å². The summed E-state index contributed by atoms with van der Waals surface area (Å²) in [4.78, 5) is 27.3. The van der Waals surface area contributed by atoms with E-state index >= 15 is 0 Å². The number of aromatic nitrogens is 2. The Kier molecular flexibility index (Phi) is 7.41. The van der Waals surface area contributed by atoms with Crippen molar-refractivity contribution in [2.75, 3.05) is 24.5 Å². The van der Waals surface area contributed by atoms with Gasteiger partial charge in [-0.15, -0.1) is 0 Å². The SMILES string of the molecule is Cc1ccc2c(N3CCN(C(=O)[C@@H](O)CC(C)C)C[C@@H]3C(C)C)nc(-c3ccccc3C)nc2c1.[HH].[HH]. The van der Waals surface area contributed by atoms with E-state index in [2.05, 4.69) is 62.9 Å². The predicted molar refractivity (Wildman–Crippen MR) is 147 cm³/mol. The minimum Gasteiger partial charge on any atom is -0.383 e. The molecule has 2 aromatic carbocycles. The molecule has 0 aliphatic carbocycles. The molecule has 35 heavy (non-hydrogen) atoms. The minimum atomic E-state index is -0.940. The van der Waals surface area contributed by atoms with Crippen LogP contribution in [0, 0.1) is 25.7 Å². The van der Waals surface area contributed by atoms with Crippen LogP contribution in [0.5, 0.6) is 0 Å². The predicted octanol–water partition coefficient (Wildman–Crippen LogP) is 5.49. The van der Waals surface area contributed by atoms with Crippen LogP contribution >= 0.6 is 0 Å². The highest BCUT2D eigenvalue weighted by atomic mass is 16.3. The molecule has 0 unspecified atom stereocenters. The zero-order chi connectivity index (χ0) is 25.3. The van der Waals surface area contributed by atoms with Gasteiger partial charge in [0.25, 0.3) is 5.91 Å². The standard InChI is InChI=1S/C29H38N4O2.2H2/c1-18(2)15-26(34)29(35)32-13-14-33(25(17-32)19(3)4)28-23-12-11-20(5)16-24(23)30-27(31-28)22-10-8-7-9-21(22)6;;/h7-12,16,18-19,25-26,34H,13-15,17H2,1-6H3;2*1H/t25-,26+;;/m1../s1. The van der Waals surface area contributed by atoms with Crippen LogP contribution in [-0.2, 0) is 4.79 Å². The topological polar surface area (TPSA) is 69.6 Å². The van der Waals surface area contributed by atoms with Crippen molar-refractivity contribution in [3.8, 4) is 11.4 Å². The van der Waals surface area contributed by atoms with E-state index in [9.17, 15) is 9.90 Å². The Morgan fingerprint density at radius 1 is 1.09 bits per heavy atom. The number of carbonyl (C=O) groups is 1. The first-order chi connectivity index (χ1) is 16.7. The molecule has 2 atom stereocenters. The third-order valence-electron chi connectivity index (χ3n) is 6.97. The number of aryl methyl sites for hydroxylation is 2. The number of anilines is 1. The average Bonchev–Trinajstić information content (AvgIpc) is 2.82. The minimum absolute atomic E-state index is 0. The van der Waals surface area contributed by atoms with Crippen LogP contribution in [0.15, 0.2) is 42.5 Å². The fourth-order valence-corrected chi connectivity index (χ4v) is 4.99. The third kappa shape index (κ3) is 5.32. The summed E-state index contributed by atoms with van der Waals surface area (Å²) in [6, 6.07) is 14.6. The summed E-state index contributed by atoms with van der Waals surface area (Å²) >= 11 is 0. The van der Waals surface area contributed by atoms with Crippen LogP contribution in [0.3, 0.4) is 0 Å². The van der Waals surface area contributed by atoms with Crippen molar-refractivity contribution in [3.05, 3.63) is 53.6 Å². The maximum atomic E-state index is 13.0. The van der Waals surface area contributed by atoms with Crippen molar-refractivity contribution < 1.29 is 12.8 Å². The van der Waals surface area contributed by atoms with Crippen LogP contribution < -0.4 is 4.90 Å². The number of aliphatic hydroxyl groups excluding tert-OH is 1. The molecule has 1 aromatic heterocycles. The first kappa shape index (κ1) is 25.1. The maximum Gasteiger partial charge on any atom is 0.251 e. The number of carbonyl (C=O) groups excluding carboxylic acids is 1. The third-order valence-corrected chi connectivity index (χ3v) is 6.97. The maximum absolute atomic E-state index is 13.0. The Hall–Kier alpha value is -2.99. The number of fused-ring (bicyclic) bond motifs is 1. The molecule has 0 bridgehead atoms. The molecule has 1 saturated heterocycles. The molecular formula is C29H42N4O2. The van der Waals surface area contributed by atoms with Gasteiger partial charge in [0.15, 0.2) is 5.82 Å². The molecule has 3 aromatic rings. The number of piperazine rings is 1. The van der Waals surface area contributed by atoms with Crippen LogP contribution in [-0.4, -0.2) is 57.7 Å². The fraction of sp³-hybridized carbons (Fsp3) is 0.483. The van der Waals surface area contributed by atoms with Crippen LogP contribution in [0.4, 0.5) is 5.82 Å². The van der Waals surface area contributed by atoms with Gasteiger partial charge in [-0.2, -0.15) is 0 Å². The zero-order valence-electron chi connectivity index (χ0n) is 21.8. The van der Waals surface area contributed by atoms with Crippen molar-refractivity contribution in [2.45, 2.75) is 60.1 Å². The molecule has 1 aliphatic heterocycles. The largest absolute Gasteiger partial charge is 0.383 e. The van der Waals surface area contributed by atoms with E-state index in [1.807, 2.05) is 30.9 Å². The Labute approximate surface area is 212 Å². The van der Waals surface area contributed by atoms with Gasteiger partial charge in [-0.25, -0.2) is 9.97 Å². The molecule has 1 N–H and O–H groups in total. The number of hydrogen-bond acceptors (Lipinski definition) is 5. The van der Waals surface area contributed by atoms with Gasteiger partial charge in [-0.3, -0.25) is 4.79 Å². The second kappa shape index (κ2) is 10.3. The van der Waals surface area contributed by atoms with Gasteiger partial charge < -0.3 is 14.9 Å². The first-order valence-electron chi connectivity index (χ1n) is 12.7. The number of amides is 1. The van der Waals surface area contributed by atoms with Gasteiger partial charge in [0.05, 0.1) is 11.6 Å². The summed E-state index contributed by atoms with van der Waals surface area (Å²) in [6.07, 6.45) is -0.453. The molecule has 0 radical (unpaired) electrons. The number of benzene rings is 2. The lowest BCUT2D eigenvalue weighted by molar-refractivity contribution is -0.142. The molecule has 2 heterocycles. The van der Waals surface area contributed by atoms with Crippen molar-refractivity contribution in [1.29, 1.82) is 0 Å². The lowest BCUT2D eigenvalue weighted by Crippen LogP contribution is -2.58. The van der Waals surface area contributed by atoms with E-state index in [-0.39, 0.29) is 20.7 Å². The molecule has 4 rings (SSSR count). The fourth-order valence-electron chi connectivity index (χ4n) is 4.99. The van der Waals surface area contributed by atoms with Gasteiger partial charge in [-0.05, 0) is 55.4 Å². The molecule has 1 fully saturated rings. The molecular weight excluding hydrogens is 436 g/mol. The van der Waals surface area contributed by atoms with Gasteiger partial charge in [0.1, 0.15) is 11.9 Å². The normalized spacial score (nSPS) is 17.5. The summed E-state index contributed by atoms with van der Waals surface area (Å²) in [6.45, 7) is 14.4. The number of nitrogens with zero attached hydrogens (tertiary/aromatic N) is 4. The molecule has 1 aliphatic rings. The van der Waals surface area contributed by atoms with Crippen molar-refractivity contribution >= 4 is 22.6 Å². The van der Waals surface area contributed by atoms with Gasteiger partial charge in [0.2, 0.25) is 0 Å². The van der Waals surface area contributed by atoms with Crippen LogP contribution in [0.1, 0.15) is 48.1 Å². The molecule has 190 valence electrons. The average molecular weight is 479 g/mol. The Balaban J connectivity index is 0.00000241. The van der Waals surface area contributed by atoms with E-state index in [0.29, 0.717) is 32.0 Å².